The van der Waals surface area contributed by atoms with E-state index >= 15 is 0 Å². The van der Waals surface area contributed by atoms with Gasteiger partial charge in [0.2, 0.25) is 0 Å². The summed E-state index contributed by atoms with van der Waals surface area (Å²) in [5.41, 5.74) is 2.36. The van der Waals surface area contributed by atoms with Crippen LogP contribution in [0.2, 0.25) is 0 Å². The van der Waals surface area contributed by atoms with Gasteiger partial charge in [-0.25, -0.2) is 8.78 Å². The smallest absolute Gasteiger partial charge is 0.161 e. The Morgan fingerprint density at radius 1 is 0.968 bits per heavy atom. The predicted octanol–water partition coefficient (Wildman–Crippen LogP) is 4.78. The van der Waals surface area contributed by atoms with Crippen molar-refractivity contribution >= 4 is 23.1 Å². The molecule has 3 heterocycles. The Morgan fingerprint density at radius 3 is 2.58 bits per heavy atom. The first-order chi connectivity index (χ1) is 15.2. The maximum atomic E-state index is 14.7. The molecule has 1 aliphatic rings. The minimum absolute atomic E-state index is 0.291. The van der Waals surface area contributed by atoms with E-state index in [-0.39, 0.29) is 5.82 Å². The molecule has 1 aliphatic heterocycles. The van der Waals surface area contributed by atoms with E-state index in [4.69, 9.17) is 0 Å². The number of hydrogen-bond acceptors (Lipinski definition) is 4. The number of aromatic nitrogens is 5. The molecule has 6 nitrogen and oxygen atoms in total. The second kappa shape index (κ2) is 8.39. The van der Waals surface area contributed by atoms with Crippen molar-refractivity contribution in [2.24, 2.45) is 0 Å². The maximum Gasteiger partial charge on any atom is 0.161 e. The molecule has 2 aromatic heterocycles. The van der Waals surface area contributed by atoms with Crippen LogP contribution in [0.5, 0.6) is 0 Å². The molecule has 158 valence electrons. The van der Waals surface area contributed by atoms with Crippen LogP contribution in [0.4, 0.5) is 8.78 Å². The maximum absolute atomic E-state index is 14.7. The van der Waals surface area contributed by atoms with E-state index in [1.165, 1.54) is 37.5 Å². The highest BCUT2D eigenvalue weighted by molar-refractivity contribution is 5.92. The summed E-state index contributed by atoms with van der Waals surface area (Å²) in [5.74, 6) is 0.611. The van der Waals surface area contributed by atoms with Crippen LogP contribution in [0.15, 0.2) is 36.4 Å². The van der Waals surface area contributed by atoms with Gasteiger partial charge in [-0.1, -0.05) is 24.6 Å². The molecule has 0 saturated carbocycles. The average Bonchev–Trinajstić information content (AvgIpc) is 3.41. The summed E-state index contributed by atoms with van der Waals surface area (Å²) in [6.45, 7) is 2.85. The fourth-order valence-electron chi connectivity index (χ4n) is 3.94. The summed E-state index contributed by atoms with van der Waals surface area (Å²) < 4.78 is 27.8. The number of hydrogen-bond donors (Lipinski definition) is 2. The monoisotopic (exact) mass is 420 g/mol. The summed E-state index contributed by atoms with van der Waals surface area (Å²) in [4.78, 5) is 5.58. The minimum Gasteiger partial charge on any atom is -0.324 e. The van der Waals surface area contributed by atoms with Gasteiger partial charge in [-0.15, -0.1) is 10.2 Å². The Bertz CT molecular complexity index is 1220. The molecule has 0 spiro atoms. The predicted molar refractivity (Wildman–Crippen MR) is 116 cm³/mol. The highest BCUT2D eigenvalue weighted by Gasteiger charge is 2.16. The molecule has 4 aromatic rings. The van der Waals surface area contributed by atoms with Crippen molar-refractivity contribution in [3.8, 4) is 11.4 Å². The van der Waals surface area contributed by atoms with E-state index < -0.39 is 5.82 Å². The van der Waals surface area contributed by atoms with E-state index in [1.54, 1.807) is 18.2 Å². The van der Waals surface area contributed by atoms with Gasteiger partial charge in [-0.3, -0.25) is 10.00 Å². The number of fused-ring (bicyclic) bond motifs is 1. The van der Waals surface area contributed by atoms with E-state index in [0.717, 1.165) is 31.0 Å². The molecule has 0 amide bonds. The normalized spacial score (nSPS) is 15.3. The van der Waals surface area contributed by atoms with Crippen molar-refractivity contribution < 1.29 is 8.78 Å². The highest BCUT2D eigenvalue weighted by atomic mass is 19.1. The first-order valence-electron chi connectivity index (χ1n) is 10.4. The third-order valence-corrected chi connectivity index (χ3v) is 5.59. The number of H-pyrrole nitrogens is 2. The fourth-order valence-corrected chi connectivity index (χ4v) is 3.94. The Balaban J connectivity index is 1.42. The lowest BCUT2D eigenvalue weighted by atomic mass is 10.1. The molecule has 2 aromatic carbocycles. The van der Waals surface area contributed by atoms with Crippen LogP contribution in [-0.4, -0.2) is 43.4 Å². The topological polar surface area (TPSA) is 73.5 Å². The quantitative estimate of drug-likeness (QED) is 0.487. The van der Waals surface area contributed by atoms with Crippen LogP contribution in [0.25, 0.3) is 34.4 Å². The molecule has 2 N–H and O–H groups in total. The number of halogens is 2. The van der Waals surface area contributed by atoms with Gasteiger partial charge in [-0.05, 0) is 61.8 Å². The molecule has 0 unspecified atom stereocenters. The zero-order valence-corrected chi connectivity index (χ0v) is 16.9. The molecular formula is C23H22F2N6. The lowest BCUT2D eigenvalue weighted by Gasteiger charge is -2.24. The van der Waals surface area contributed by atoms with Crippen LogP contribution < -0.4 is 0 Å². The van der Waals surface area contributed by atoms with E-state index in [2.05, 4.69) is 30.3 Å². The van der Waals surface area contributed by atoms with Crippen molar-refractivity contribution in [3.63, 3.8) is 0 Å². The van der Waals surface area contributed by atoms with Gasteiger partial charge >= 0.3 is 0 Å². The first kappa shape index (κ1) is 19.6. The standard InChI is InChI=1S/C23H22F2N6/c24-17-7-4-15(5-8-17)6-9-20-18-12-16(13-19(25)22(18)29-27-20)23-26-21(28-30-23)14-31-10-2-1-3-11-31/h4-9,12-13H,1-3,10-11,14H2,(H,27,29)(H,26,28,30). The number of rotatable bonds is 5. The van der Waals surface area contributed by atoms with Gasteiger partial charge in [0.1, 0.15) is 23.0 Å². The van der Waals surface area contributed by atoms with Crippen LogP contribution in [-0.2, 0) is 6.54 Å². The van der Waals surface area contributed by atoms with Crippen LogP contribution in [0.1, 0.15) is 36.3 Å². The van der Waals surface area contributed by atoms with Gasteiger partial charge in [0.25, 0.3) is 0 Å². The Labute approximate surface area is 178 Å². The summed E-state index contributed by atoms with van der Waals surface area (Å²) in [5, 5.41) is 16.1. The molecule has 31 heavy (non-hydrogen) atoms. The molecule has 0 atom stereocenters. The van der Waals surface area contributed by atoms with Crippen molar-refractivity contribution in [1.82, 2.24) is 30.3 Å². The number of likely N-dealkylation sites (tertiary alicyclic amines) is 1. The summed E-state index contributed by atoms with van der Waals surface area (Å²) in [6, 6.07) is 9.41. The van der Waals surface area contributed by atoms with Crippen molar-refractivity contribution in [2.75, 3.05) is 13.1 Å². The number of aromatic amines is 2. The summed E-state index contributed by atoms with van der Waals surface area (Å²) in [7, 11) is 0. The lowest BCUT2D eigenvalue weighted by molar-refractivity contribution is 0.216. The first-order valence-corrected chi connectivity index (χ1v) is 10.4. The number of benzene rings is 2. The number of nitrogens with one attached hydrogen (secondary N) is 2. The lowest BCUT2D eigenvalue weighted by Crippen LogP contribution is -2.29. The third kappa shape index (κ3) is 4.25. The van der Waals surface area contributed by atoms with E-state index in [1.807, 2.05) is 12.1 Å². The van der Waals surface area contributed by atoms with E-state index in [9.17, 15) is 8.78 Å². The Kier molecular flexibility index (Phi) is 5.30. The average molecular weight is 420 g/mol. The molecule has 5 rings (SSSR count). The van der Waals surface area contributed by atoms with Crippen molar-refractivity contribution in [3.05, 3.63) is 65.1 Å². The molecule has 0 radical (unpaired) electrons. The molecular weight excluding hydrogens is 398 g/mol. The van der Waals surface area contributed by atoms with Crippen LogP contribution in [0, 0.1) is 11.6 Å². The van der Waals surface area contributed by atoms with Gasteiger partial charge in [-0.2, -0.15) is 5.10 Å². The number of nitrogens with zero attached hydrogens (tertiary/aromatic N) is 4. The molecule has 0 bridgehead atoms. The summed E-state index contributed by atoms with van der Waals surface area (Å²) in [6.07, 6.45) is 7.28. The van der Waals surface area contributed by atoms with Crippen LogP contribution in [0.3, 0.4) is 0 Å². The Hall–Kier alpha value is -3.39. The van der Waals surface area contributed by atoms with E-state index in [0.29, 0.717) is 28.0 Å². The zero-order valence-electron chi connectivity index (χ0n) is 16.9. The van der Waals surface area contributed by atoms with Gasteiger partial charge in [0.05, 0.1) is 12.2 Å². The van der Waals surface area contributed by atoms with Crippen LogP contribution >= 0.6 is 0 Å². The largest absolute Gasteiger partial charge is 0.324 e. The molecule has 1 fully saturated rings. The summed E-state index contributed by atoms with van der Waals surface area (Å²) >= 11 is 0. The number of piperidine rings is 1. The molecule has 0 aliphatic carbocycles. The molecule has 1 saturated heterocycles. The second-order valence-corrected chi connectivity index (χ2v) is 7.83. The SMILES string of the molecule is Fc1ccc(C=Cc2n[nH]c3c(F)cc(-c4nnc(CN5CCCCC5)[nH]4)cc23)cc1. The van der Waals surface area contributed by atoms with Crippen molar-refractivity contribution in [2.45, 2.75) is 25.8 Å². The second-order valence-electron chi connectivity index (χ2n) is 7.83. The minimum atomic E-state index is -0.407. The Morgan fingerprint density at radius 2 is 1.77 bits per heavy atom. The zero-order chi connectivity index (χ0) is 21.2. The van der Waals surface area contributed by atoms with Gasteiger partial charge < -0.3 is 4.98 Å². The third-order valence-electron chi connectivity index (χ3n) is 5.59. The van der Waals surface area contributed by atoms with Gasteiger partial charge in [0, 0.05) is 10.9 Å². The van der Waals surface area contributed by atoms with Gasteiger partial charge in [0.15, 0.2) is 5.82 Å². The van der Waals surface area contributed by atoms with Crippen molar-refractivity contribution in [1.29, 1.82) is 0 Å². The fraction of sp³-hybridized carbons (Fsp3) is 0.261. The molecule has 8 heteroatoms. The highest BCUT2D eigenvalue weighted by Crippen LogP contribution is 2.27.